The summed E-state index contributed by atoms with van der Waals surface area (Å²) < 4.78 is 0. The van der Waals surface area contributed by atoms with E-state index in [0.29, 0.717) is 12.6 Å². The number of benzene rings is 2. The zero-order valence-electron chi connectivity index (χ0n) is 11.0. The van der Waals surface area contributed by atoms with Gasteiger partial charge in [-0.2, -0.15) is 0 Å². The fourth-order valence-corrected chi connectivity index (χ4v) is 2.88. The van der Waals surface area contributed by atoms with Crippen LogP contribution in [0.15, 0.2) is 54.6 Å². The molecule has 1 aliphatic carbocycles. The van der Waals surface area contributed by atoms with E-state index in [9.17, 15) is 0 Å². The molecule has 2 aromatic carbocycles. The molecule has 2 heteroatoms. The van der Waals surface area contributed by atoms with Gasteiger partial charge < -0.3 is 11.1 Å². The summed E-state index contributed by atoms with van der Waals surface area (Å²) in [5.41, 5.74) is 7.30. The Balaban J connectivity index is 1.92. The second-order valence-corrected chi connectivity index (χ2v) is 5.16. The van der Waals surface area contributed by atoms with Crippen LogP contribution in [-0.4, -0.2) is 12.6 Å². The first-order valence-electron chi connectivity index (χ1n) is 6.97. The molecule has 3 N–H and O–H groups in total. The topological polar surface area (TPSA) is 38.0 Å². The molecule has 0 fully saturated rings. The van der Waals surface area contributed by atoms with Crippen LogP contribution in [0.1, 0.15) is 24.4 Å². The Morgan fingerprint density at radius 1 is 1.05 bits per heavy atom. The molecule has 0 aromatic heterocycles. The summed E-state index contributed by atoms with van der Waals surface area (Å²) in [5.74, 6) is 0. The molecule has 0 aliphatic heterocycles. The van der Waals surface area contributed by atoms with E-state index in [4.69, 9.17) is 5.73 Å². The number of fused-ring (bicyclic) bond motifs is 1. The van der Waals surface area contributed by atoms with Gasteiger partial charge in [-0.05, 0) is 29.2 Å². The molecule has 0 spiro atoms. The van der Waals surface area contributed by atoms with E-state index in [0.717, 1.165) is 12.8 Å². The fourth-order valence-electron chi connectivity index (χ4n) is 2.88. The summed E-state index contributed by atoms with van der Waals surface area (Å²) in [4.78, 5) is 0. The molecule has 19 heavy (non-hydrogen) atoms. The summed E-state index contributed by atoms with van der Waals surface area (Å²) in [7, 11) is 0. The zero-order valence-corrected chi connectivity index (χ0v) is 11.0. The second kappa shape index (κ2) is 5.55. The molecule has 0 saturated carbocycles. The molecular weight excluding hydrogens is 232 g/mol. The SMILES string of the molecule is NCC(NC1CC=CC1)c1cccc2ccccc12. The van der Waals surface area contributed by atoms with Crippen LogP contribution in [0, 0.1) is 0 Å². The summed E-state index contributed by atoms with van der Waals surface area (Å²) in [6.45, 7) is 0.629. The van der Waals surface area contributed by atoms with Crippen molar-refractivity contribution in [3.8, 4) is 0 Å². The van der Waals surface area contributed by atoms with Crippen LogP contribution in [-0.2, 0) is 0 Å². The highest BCUT2D eigenvalue weighted by Gasteiger charge is 2.18. The van der Waals surface area contributed by atoms with E-state index < -0.39 is 0 Å². The van der Waals surface area contributed by atoms with Gasteiger partial charge in [-0.15, -0.1) is 0 Å². The Morgan fingerprint density at radius 3 is 2.58 bits per heavy atom. The van der Waals surface area contributed by atoms with Crippen molar-refractivity contribution < 1.29 is 0 Å². The predicted octanol–water partition coefficient (Wildman–Crippen LogP) is 3.15. The minimum absolute atomic E-state index is 0.232. The summed E-state index contributed by atoms with van der Waals surface area (Å²) in [6.07, 6.45) is 6.71. The van der Waals surface area contributed by atoms with Gasteiger partial charge in [0, 0.05) is 18.6 Å². The first kappa shape index (κ1) is 12.4. The van der Waals surface area contributed by atoms with E-state index >= 15 is 0 Å². The van der Waals surface area contributed by atoms with Crippen molar-refractivity contribution in [1.29, 1.82) is 0 Å². The van der Waals surface area contributed by atoms with Crippen LogP contribution < -0.4 is 11.1 Å². The maximum absolute atomic E-state index is 5.99. The molecule has 98 valence electrons. The molecule has 0 radical (unpaired) electrons. The third-order valence-electron chi connectivity index (χ3n) is 3.88. The standard InChI is InChI=1S/C17H20N2/c18-12-17(19-14-8-2-3-9-14)16-11-5-7-13-6-1-4-10-15(13)16/h1-7,10-11,14,17,19H,8-9,12,18H2. The highest BCUT2D eigenvalue weighted by Crippen LogP contribution is 2.25. The van der Waals surface area contributed by atoms with E-state index in [1.165, 1.54) is 16.3 Å². The molecule has 2 aromatic rings. The van der Waals surface area contributed by atoms with Crippen molar-refractivity contribution in [2.24, 2.45) is 5.73 Å². The van der Waals surface area contributed by atoms with Crippen LogP contribution in [0.25, 0.3) is 10.8 Å². The second-order valence-electron chi connectivity index (χ2n) is 5.16. The molecule has 0 heterocycles. The normalized spacial score (nSPS) is 17.1. The van der Waals surface area contributed by atoms with E-state index in [1.807, 2.05) is 0 Å². The molecule has 1 aliphatic rings. The maximum Gasteiger partial charge on any atom is 0.0453 e. The Bertz CT molecular complexity index is 575. The van der Waals surface area contributed by atoms with Crippen molar-refractivity contribution in [2.75, 3.05) is 6.54 Å². The van der Waals surface area contributed by atoms with Crippen LogP contribution in [0.2, 0.25) is 0 Å². The van der Waals surface area contributed by atoms with E-state index in [1.54, 1.807) is 0 Å². The van der Waals surface area contributed by atoms with Crippen molar-refractivity contribution in [2.45, 2.75) is 24.9 Å². The number of hydrogen-bond donors (Lipinski definition) is 2. The highest BCUT2D eigenvalue weighted by molar-refractivity contribution is 5.86. The van der Waals surface area contributed by atoms with Crippen molar-refractivity contribution in [3.05, 3.63) is 60.2 Å². The van der Waals surface area contributed by atoms with Crippen LogP contribution in [0.5, 0.6) is 0 Å². The Labute approximate surface area is 114 Å². The number of nitrogens with two attached hydrogens (primary N) is 1. The van der Waals surface area contributed by atoms with Gasteiger partial charge in [-0.3, -0.25) is 0 Å². The van der Waals surface area contributed by atoms with Crippen molar-refractivity contribution in [1.82, 2.24) is 5.32 Å². The van der Waals surface area contributed by atoms with E-state index in [2.05, 4.69) is 59.9 Å². The maximum atomic E-state index is 5.99. The molecule has 2 nitrogen and oxygen atoms in total. The lowest BCUT2D eigenvalue weighted by Gasteiger charge is -2.23. The Hall–Kier alpha value is -1.64. The van der Waals surface area contributed by atoms with E-state index in [-0.39, 0.29) is 6.04 Å². The summed E-state index contributed by atoms with van der Waals surface area (Å²) in [5, 5.41) is 6.27. The molecular formula is C17H20N2. The monoisotopic (exact) mass is 252 g/mol. The largest absolute Gasteiger partial charge is 0.329 e. The molecule has 0 amide bonds. The molecule has 3 rings (SSSR count). The van der Waals surface area contributed by atoms with Crippen molar-refractivity contribution >= 4 is 10.8 Å². The van der Waals surface area contributed by atoms with Gasteiger partial charge in [0.2, 0.25) is 0 Å². The Morgan fingerprint density at radius 2 is 1.79 bits per heavy atom. The smallest absolute Gasteiger partial charge is 0.0453 e. The predicted molar refractivity (Wildman–Crippen MR) is 81.0 cm³/mol. The number of nitrogens with one attached hydrogen (secondary N) is 1. The Kier molecular flexibility index (Phi) is 3.62. The molecule has 1 unspecified atom stereocenters. The lowest BCUT2D eigenvalue weighted by Crippen LogP contribution is -2.35. The highest BCUT2D eigenvalue weighted by atomic mass is 15.0. The van der Waals surface area contributed by atoms with Crippen LogP contribution >= 0.6 is 0 Å². The average molecular weight is 252 g/mol. The lowest BCUT2D eigenvalue weighted by atomic mass is 9.98. The third kappa shape index (κ3) is 2.55. The van der Waals surface area contributed by atoms with Gasteiger partial charge in [0.05, 0.1) is 0 Å². The molecule has 0 bridgehead atoms. The van der Waals surface area contributed by atoms with Crippen LogP contribution in [0.3, 0.4) is 0 Å². The summed E-state index contributed by atoms with van der Waals surface area (Å²) >= 11 is 0. The molecule has 0 saturated heterocycles. The zero-order chi connectivity index (χ0) is 13.1. The first-order valence-corrected chi connectivity index (χ1v) is 6.97. The van der Waals surface area contributed by atoms with Gasteiger partial charge in [0.15, 0.2) is 0 Å². The quantitative estimate of drug-likeness (QED) is 0.820. The summed E-state index contributed by atoms with van der Waals surface area (Å²) in [6, 6.07) is 15.7. The van der Waals surface area contributed by atoms with Gasteiger partial charge in [-0.25, -0.2) is 0 Å². The van der Waals surface area contributed by atoms with Gasteiger partial charge in [-0.1, -0.05) is 54.6 Å². The minimum atomic E-state index is 0.232. The van der Waals surface area contributed by atoms with Gasteiger partial charge >= 0.3 is 0 Å². The fraction of sp³-hybridized carbons (Fsp3) is 0.294. The number of hydrogen-bond acceptors (Lipinski definition) is 2. The average Bonchev–Trinajstić information content (AvgIpc) is 2.97. The van der Waals surface area contributed by atoms with Gasteiger partial charge in [0.25, 0.3) is 0 Å². The lowest BCUT2D eigenvalue weighted by molar-refractivity contribution is 0.455. The first-order chi connectivity index (χ1) is 9.38. The minimum Gasteiger partial charge on any atom is -0.329 e. The van der Waals surface area contributed by atoms with Crippen LogP contribution in [0.4, 0.5) is 0 Å². The third-order valence-corrected chi connectivity index (χ3v) is 3.88. The number of rotatable bonds is 4. The van der Waals surface area contributed by atoms with Crippen molar-refractivity contribution in [3.63, 3.8) is 0 Å². The van der Waals surface area contributed by atoms with Gasteiger partial charge in [0.1, 0.15) is 0 Å². The molecule has 1 atom stereocenters.